The molecule has 0 aliphatic carbocycles. The molecule has 0 fully saturated rings. The number of carbonyl (C=O) groups is 1. The largest absolute Gasteiger partial charge is 0.364 e. The first kappa shape index (κ1) is 15.0. The van der Waals surface area contributed by atoms with Crippen LogP contribution in [0.15, 0.2) is 33.0 Å². The molecule has 0 spiro atoms. The van der Waals surface area contributed by atoms with Crippen molar-refractivity contribution in [2.24, 2.45) is 0 Å². The van der Waals surface area contributed by atoms with Crippen LogP contribution in [0.25, 0.3) is 0 Å². The second kappa shape index (κ2) is 6.37. The predicted molar refractivity (Wildman–Crippen MR) is 84.2 cm³/mol. The molecular weight excluding hydrogens is 340 g/mol. The summed E-state index contributed by atoms with van der Waals surface area (Å²) in [6.45, 7) is 4.76. The number of H-pyrrole nitrogens is 1. The van der Waals surface area contributed by atoms with Crippen molar-refractivity contribution >= 4 is 33.2 Å². The summed E-state index contributed by atoms with van der Waals surface area (Å²) >= 11 is 4.99. The molecule has 0 bridgehead atoms. The van der Waals surface area contributed by atoms with Gasteiger partial charge in [0.25, 0.3) is 5.91 Å². The summed E-state index contributed by atoms with van der Waals surface area (Å²) in [6, 6.07) is 5.38. The summed E-state index contributed by atoms with van der Waals surface area (Å²) < 4.78 is 1.03. The van der Waals surface area contributed by atoms with Gasteiger partial charge in [-0.25, -0.2) is 0 Å². The Bertz CT molecular complexity index is 678. The number of nitrogens with zero attached hydrogens (tertiary/aromatic N) is 1. The second-order valence-corrected chi connectivity index (χ2v) is 6.97. The lowest BCUT2D eigenvalue weighted by Crippen LogP contribution is -2.33. The molecule has 0 unspecified atom stereocenters. The molecule has 1 amide bonds. The highest BCUT2D eigenvalue weighted by molar-refractivity contribution is 9.11. The van der Waals surface area contributed by atoms with Crippen molar-refractivity contribution in [3.05, 3.63) is 54.5 Å². The molecule has 2 aromatic heterocycles. The van der Waals surface area contributed by atoms with Gasteiger partial charge in [-0.15, -0.1) is 11.3 Å². The number of rotatable bonds is 4. The minimum Gasteiger partial charge on any atom is -0.364 e. The maximum atomic E-state index is 12.4. The van der Waals surface area contributed by atoms with Crippen LogP contribution in [0.4, 0.5) is 0 Å². The van der Waals surface area contributed by atoms with Crippen LogP contribution in [0.5, 0.6) is 0 Å². The van der Waals surface area contributed by atoms with E-state index in [-0.39, 0.29) is 16.9 Å². The molecule has 2 aromatic rings. The van der Waals surface area contributed by atoms with Gasteiger partial charge in [0.1, 0.15) is 5.56 Å². The summed E-state index contributed by atoms with van der Waals surface area (Å²) in [5, 5.41) is 0. The van der Waals surface area contributed by atoms with Crippen LogP contribution >= 0.6 is 27.3 Å². The minimum atomic E-state index is -0.239. The van der Waals surface area contributed by atoms with E-state index in [1.165, 1.54) is 12.3 Å². The molecule has 2 heterocycles. The van der Waals surface area contributed by atoms with Crippen LogP contribution in [0.2, 0.25) is 0 Å². The van der Waals surface area contributed by atoms with Crippen molar-refractivity contribution in [3.63, 3.8) is 0 Å². The Balaban J connectivity index is 2.22. The van der Waals surface area contributed by atoms with Crippen molar-refractivity contribution in [1.29, 1.82) is 0 Å². The molecule has 0 aliphatic rings. The van der Waals surface area contributed by atoms with Gasteiger partial charge < -0.3 is 9.88 Å². The predicted octanol–water partition coefficient (Wildman–Crippen LogP) is 3.17. The SMILES string of the molecule is CCN(Cc1ccc(Br)s1)C(=O)c1c[nH]c(C)cc1=O. The van der Waals surface area contributed by atoms with Crippen molar-refractivity contribution in [3.8, 4) is 0 Å². The number of aryl methyl sites for hydroxylation is 1. The standard InChI is InChI=1S/C14H15BrN2O2S/c1-3-17(8-10-4-5-13(15)20-10)14(19)11-7-16-9(2)6-12(11)18/h4-7H,3,8H2,1-2H3,(H,16,18). The maximum Gasteiger partial charge on any atom is 0.259 e. The van der Waals surface area contributed by atoms with Crippen molar-refractivity contribution in [2.45, 2.75) is 20.4 Å². The molecular formula is C14H15BrN2O2S. The lowest BCUT2D eigenvalue weighted by molar-refractivity contribution is 0.0752. The van der Waals surface area contributed by atoms with Gasteiger partial charge in [0.05, 0.1) is 10.3 Å². The van der Waals surface area contributed by atoms with E-state index in [1.54, 1.807) is 23.2 Å². The van der Waals surface area contributed by atoms with Crippen LogP contribution in [-0.4, -0.2) is 22.3 Å². The Kier molecular flexibility index (Phi) is 4.77. The van der Waals surface area contributed by atoms with Crippen molar-refractivity contribution < 1.29 is 4.79 Å². The molecule has 6 heteroatoms. The topological polar surface area (TPSA) is 53.2 Å². The fourth-order valence-corrected chi connectivity index (χ4v) is 3.36. The number of aromatic nitrogens is 1. The van der Waals surface area contributed by atoms with Crippen molar-refractivity contribution in [2.75, 3.05) is 6.54 Å². The first-order valence-electron chi connectivity index (χ1n) is 6.24. The van der Waals surface area contributed by atoms with E-state index in [0.717, 1.165) is 14.4 Å². The highest BCUT2D eigenvalue weighted by atomic mass is 79.9. The summed E-state index contributed by atoms with van der Waals surface area (Å²) in [6.07, 6.45) is 1.49. The molecule has 0 saturated heterocycles. The third kappa shape index (κ3) is 3.37. The number of carbonyl (C=O) groups excluding carboxylic acids is 1. The van der Waals surface area contributed by atoms with E-state index in [9.17, 15) is 9.59 Å². The number of aromatic amines is 1. The number of nitrogens with one attached hydrogen (secondary N) is 1. The highest BCUT2D eigenvalue weighted by Crippen LogP contribution is 2.23. The average molecular weight is 355 g/mol. The Labute approximate surface area is 129 Å². The van der Waals surface area contributed by atoms with Gasteiger partial charge in [0, 0.05) is 29.4 Å². The van der Waals surface area contributed by atoms with Gasteiger partial charge in [-0.2, -0.15) is 0 Å². The zero-order valence-electron chi connectivity index (χ0n) is 11.3. The number of hydrogen-bond donors (Lipinski definition) is 1. The summed E-state index contributed by atoms with van der Waals surface area (Å²) in [7, 11) is 0. The fourth-order valence-electron chi connectivity index (χ4n) is 1.86. The zero-order valence-corrected chi connectivity index (χ0v) is 13.7. The number of hydrogen-bond acceptors (Lipinski definition) is 3. The maximum absolute atomic E-state index is 12.4. The van der Waals surface area contributed by atoms with Gasteiger partial charge in [0.2, 0.25) is 0 Å². The lowest BCUT2D eigenvalue weighted by atomic mass is 10.2. The van der Waals surface area contributed by atoms with E-state index in [4.69, 9.17) is 0 Å². The van der Waals surface area contributed by atoms with E-state index in [1.807, 2.05) is 19.1 Å². The normalized spacial score (nSPS) is 10.6. The molecule has 0 saturated carbocycles. The molecule has 106 valence electrons. The number of halogens is 1. The monoisotopic (exact) mass is 354 g/mol. The first-order chi connectivity index (χ1) is 9.51. The Hall–Kier alpha value is -1.40. The van der Waals surface area contributed by atoms with Crippen LogP contribution in [-0.2, 0) is 6.54 Å². The van der Waals surface area contributed by atoms with Gasteiger partial charge >= 0.3 is 0 Å². The van der Waals surface area contributed by atoms with E-state index < -0.39 is 0 Å². The number of pyridine rings is 1. The fraction of sp³-hybridized carbons (Fsp3) is 0.286. The minimum absolute atomic E-state index is 0.188. The smallest absolute Gasteiger partial charge is 0.259 e. The Morgan fingerprint density at radius 2 is 2.20 bits per heavy atom. The number of amides is 1. The average Bonchev–Trinajstić information content (AvgIpc) is 2.81. The third-order valence-electron chi connectivity index (χ3n) is 2.93. The summed E-state index contributed by atoms with van der Waals surface area (Å²) in [5.74, 6) is -0.238. The molecule has 0 radical (unpaired) electrons. The van der Waals surface area contributed by atoms with Crippen LogP contribution in [0.3, 0.4) is 0 Å². The molecule has 0 aliphatic heterocycles. The molecule has 0 atom stereocenters. The van der Waals surface area contributed by atoms with Gasteiger partial charge in [-0.3, -0.25) is 9.59 Å². The quantitative estimate of drug-likeness (QED) is 0.916. The molecule has 2 rings (SSSR count). The van der Waals surface area contributed by atoms with Gasteiger partial charge in [-0.05, 0) is 41.9 Å². The van der Waals surface area contributed by atoms with Gasteiger partial charge in [-0.1, -0.05) is 0 Å². The lowest BCUT2D eigenvalue weighted by Gasteiger charge is -2.19. The Morgan fingerprint density at radius 1 is 1.45 bits per heavy atom. The highest BCUT2D eigenvalue weighted by Gasteiger charge is 2.18. The van der Waals surface area contributed by atoms with Gasteiger partial charge in [0.15, 0.2) is 5.43 Å². The van der Waals surface area contributed by atoms with Crippen LogP contribution < -0.4 is 5.43 Å². The third-order valence-corrected chi connectivity index (χ3v) is 4.54. The number of thiophene rings is 1. The van der Waals surface area contributed by atoms with E-state index in [2.05, 4.69) is 20.9 Å². The van der Waals surface area contributed by atoms with E-state index in [0.29, 0.717) is 13.1 Å². The van der Waals surface area contributed by atoms with Crippen LogP contribution in [0, 0.1) is 6.92 Å². The van der Waals surface area contributed by atoms with E-state index >= 15 is 0 Å². The van der Waals surface area contributed by atoms with Crippen LogP contribution in [0.1, 0.15) is 27.9 Å². The zero-order chi connectivity index (χ0) is 14.7. The molecule has 0 aromatic carbocycles. The summed E-state index contributed by atoms with van der Waals surface area (Å²) in [5.41, 5.74) is 0.696. The molecule has 1 N–H and O–H groups in total. The molecule has 4 nitrogen and oxygen atoms in total. The Morgan fingerprint density at radius 3 is 2.75 bits per heavy atom. The second-order valence-electron chi connectivity index (χ2n) is 4.42. The summed E-state index contributed by atoms with van der Waals surface area (Å²) in [4.78, 5) is 30.0. The van der Waals surface area contributed by atoms with Crippen molar-refractivity contribution in [1.82, 2.24) is 9.88 Å². The molecule has 20 heavy (non-hydrogen) atoms. The first-order valence-corrected chi connectivity index (χ1v) is 7.85.